The van der Waals surface area contributed by atoms with Crippen molar-refractivity contribution in [2.75, 3.05) is 5.32 Å². The highest BCUT2D eigenvalue weighted by molar-refractivity contribution is 9.10. The number of benzene rings is 3. The second kappa shape index (κ2) is 9.30. The number of fused-ring (bicyclic) bond motifs is 1. The summed E-state index contributed by atoms with van der Waals surface area (Å²) in [6, 6.07) is 30.5. The first-order valence-electron chi connectivity index (χ1n) is 10.5. The van der Waals surface area contributed by atoms with Gasteiger partial charge in [0.2, 0.25) is 0 Å². The standard InChI is InChI=1S/C27H20BrN3O2/c28-21-15-16-24-30-25(26(31(24)18-21)29-17-19-9-3-1-4-10-19)22-13-7-8-14-23(22)33-27(32)20-11-5-2-6-12-20/h1-16,18,29H,17H2. The van der Waals surface area contributed by atoms with Gasteiger partial charge >= 0.3 is 5.97 Å². The van der Waals surface area contributed by atoms with E-state index in [1.807, 2.05) is 77.3 Å². The zero-order valence-electron chi connectivity index (χ0n) is 17.6. The molecular formula is C27H20BrN3O2. The third-order valence-corrected chi connectivity index (χ3v) is 5.71. The van der Waals surface area contributed by atoms with Crippen molar-refractivity contribution in [3.63, 3.8) is 0 Å². The van der Waals surface area contributed by atoms with Gasteiger partial charge in [-0.1, -0.05) is 60.7 Å². The Hall–Kier alpha value is -3.90. The first-order valence-corrected chi connectivity index (χ1v) is 11.3. The molecule has 0 fully saturated rings. The van der Waals surface area contributed by atoms with Crippen LogP contribution in [0.1, 0.15) is 15.9 Å². The molecule has 0 aliphatic heterocycles. The highest BCUT2D eigenvalue weighted by atomic mass is 79.9. The fraction of sp³-hybridized carbons (Fsp3) is 0.0370. The van der Waals surface area contributed by atoms with Crippen LogP contribution in [0.25, 0.3) is 16.9 Å². The fourth-order valence-corrected chi connectivity index (χ4v) is 3.98. The summed E-state index contributed by atoms with van der Waals surface area (Å²) >= 11 is 3.56. The van der Waals surface area contributed by atoms with Crippen molar-refractivity contribution in [2.45, 2.75) is 6.54 Å². The van der Waals surface area contributed by atoms with Gasteiger partial charge in [-0.05, 0) is 57.9 Å². The lowest BCUT2D eigenvalue weighted by atomic mass is 10.1. The SMILES string of the molecule is O=C(Oc1ccccc1-c1nc2ccc(Br)cn2c1NCc1ccccc1)c1ccccc1. The largest absolute Gasteiger partial charge is 0.422 e. The molecule has 3 aromatic carbocycles. The third kappa shape index (κ3) is 4.52. The average Bonchev–Trinajstić information content (AvgIpc) is 3.21. The highest BCUT2D eigenvalue weighted by Gasteiger charge is 2.19. The maximum absolute atomic E-state index is 12.7. The number of carbonyl (C=O) groups is 1. The minimum atomic E-state index is -0.409. The summed E-state index contributed by atoms with van der Waals surface area (Å²) < 4.78 is 8.73. The number of carbonyl (C=O) groups excluding carboxylic acids is 1. The summed E-state index contributed by atoms with van der Waals surface area (Å²) in [5, 5.41) is 3.53. The van der Waals surface area contributed by atoms with Crippen LogP contribution < -0.4 is 10.1 Å². The lowest BCUT2D eigenvalue weighted by Crippen LogP contribution is -2.09. The van der Waals surface area contributed by atoms with Crippen LogP contribution in [0.15, 0.2) is 108 Å². The number of hydrogen-bond acceptors (Lipinski definition) is 4. The molecule has 2 heterocycles. The van der Waals surface area contributed by atoms with E-state index in [2.05, 4.69) is 33.4 Å². The lowest BCUT2D eigenvalue weighted by molar-refractivity contribution is 0.0735. The van der Waals surface area contributed by atoms with Gasteiger partial charge in [0.1, 0.15) is 22.9 Å². The number of para-hydroxylation sites is 1. The van der Waals surface area contributed by atoms with Gasteiger partial charge in [0, 0.05) is 22.8 Å². The van der Waals surface area contributed by atoms with E-state index in [0.717, 1.165) is 27.1 Å². The van der Waals surface area contributed by atoms with Crippen LogP contribution in [0, 0.1) is 0 Å². The molecule has 5 nitrogen and oxygen atoms in total. The van der Waals surface area contributed by atoms with E-state index in [1.54, 1.807) is 18.2 Å². The summed E-state index contributed by atoms with van der Waals surface area (Å²) in [7, 11) is 0. The summed E-state index contributed by atoms with van der Waals surface area (Å²) in [4.78, 5) is 17.6. The zero-order valence-corrected chi connectivity index (χ0v) is 19.2. The monoisotopic (exact) mass is 497 g/mol. The normalized spacial score (nSPS) is 10.8. The number of imidazole rings is 1. The molecule has 0 aliphatic carbocycles. The molecule has 0 atom stereocenters. The number of anilines is 1. The maximum Gasteiger partial charge on any atom is 0.343 e. The van der Waals surface area contributed by atoms with Crippen LogP contribution >= 0.6 is 15.9 Å². The van der Waals surface area contributed by atoms with Crippen LogP contribution in [0.4, 0.5) is 5.82 Å². The number of halogens is 1. The van der Waals surface area contributed by atoms with E-state index in [-0.39, 0.29) is 0 Å². The van der Waals surface area contributed by atoms with E-state index in [4.69, 9.17) is 9.72 Å². The zero-order chi connectivity index (χ0) is 22.6. The first-order chi connectivity index (χ1) is 16.2. The van der Waals surface area contributed by atoms with Crippen LogP contribution in [0.2, 0.25) is 0 Å². The van der Waals surface area contributed by atoms with Gasteiger partial charge in [0.15, 0.2) is 0 Å². The molecule has 162 valence electrons. The number of aromatic nitrogens is 2. The van der Waals surface area contributed by atoms with E-state index >= 15 is 0 Å². The van der Waals surface area contributed by atoms with Crippen molar-refractivity contribution < 1.29 is 9.53 Å². The van der Waals surface area contributed by atoms with Gasteiger partial charge in [-0.2, -0.15) is 0 Å². The Morgan fingerprint density at radius 3 is 2.36 bits per heavy atom. The summed E-state index contributed by atoms with van der Waals surface area (Å²) in [5.41, 5.74) is 3.87. The summed E-state index contributed by atoms with van der Waals surface area (Å²) in [6.45, 7) is 0.625. The number of nitrogens with zero attached hydrogens (tertiary/aromatic N) is 2. The van der Waals surface area contributed by atoms with Gasteiger partial charge in [-0.15, -0.1) is 0 Å². The predicted molar refractivity (Wildman–Crippen MR) is 133 cm³/mol. The van der Waals surface area contributed by atoms with Crippen molar-refractivity contribution >= 4 is 33.4 Å². The molecule has 0 saturated heterocycles. The van der Waals surface area contributed by atoms with Crippen molar-refractivity contribution in [3.8, 4) is 17.0 Å². The quantitative estimate of drug-likeness (QED) is 0.212. The number of pyridine rings is 1. The predicted octanol–water partition coefficient (Wildman–Crippen LogP) is 6.60. The van der Waals surface area contributed by atoms with Crippen LogP contribution in [0.5, 0.6) is 5.75 Å². The minimum absolute atomic E-state index is 0.409. The number of rotatable bonds is 6. The highest BCUT2D eigenvalue weighted by Crippen LogP contribution is 2.36. The van der Waals surface area contributed by atoms with E-state index in [1.165, 1.54) is 0 Å². The van der Waals surface area contributed by atoms with Gasteiger partial charge in [0.25, 0.3) is 0 Å². The van der Waals surface area contributed by atoms with Gasteiger partial charge in [0.05, 0.1) is 5.56 Å². The Balaban J connectivity index is 1.56. The smallest absolute Gasteiger partial charge is 0.343 e. The van der Waals surface area contributed by atoms with Crippen LogP contribution in [-0.2, 0) is 6.54 Å². The molecule has 0 unspecified atom stereocenters. The molecule has 5 aromatic rings. The second-order valence-electron chi connectivity index (χ2n) is 7.48. The molecule has 0 aliphatic rings. The van der Waals surface area contributed by atoms with Crippen molar-refractivity contribution in [1.82, 2.24) is 9.38 Å². The Bertz CT molecular complexity index is 1420. The number of ether oxygens (including phenoxy) is 1. The average molecular weight is 498 g/mol. The minimum Gasteiger partial charge on any atom is -0.422 e. The summed E-state index contributed by atoms with van der Waals surface area (Å²) in [5.74, 6) is 0.864. The number of nitrogens with one attached hydrogen (secondary N) is 1. The molecule has 0 bridgehead atoms. The van der Waals surface area contributed by atoms with Crippen molar-refractivity contribution in [1.29, 1.82) is 0 Å². The molecule has 0 spiro atoms. The first kappa shape index (κ1) is 21.0. The Labute approximate surface area is 199 Å². The lowest BCUT2D eigenvalue weighted by Gasteiger charge is -2.12. The van der Waals surface area contributed by atoms with Gasteiger partial charge in [-0.3, -0.25) is 4.40 Å². The molecule has 0 radical (unpaired) electrons. The van der Waals surface area contributed by atoms with Crippen molar-refractivity contribution in [2.24, 2.45) is 0 Å². The van der Waals surface area contributed by atoms with E-state index in [9.17, 15) is 4.79 Å². The molecule has 0 amide bonds. The van der Waals surface area contributed by atoms with Crippen molar-refractivity contribution in [3.05, 3.63) is 119 Å². The maximum atomic E-state index is 12.7. The topological polar surface area (TPSA) is 55.6 Å². The van der Waals surface area contributed by atoms with Crippen LogP contribution in [-0.4, -0.2) is 15.4 Å². The molecule has 5 rings (SSSR count). The van der Waals surface area contributed by atoms with E-state index < -0.39 is 5.97 Å². The van der Waals surface area contributed by atoms with E-state index in [0.29, 0.717) is 23.6 Å². The number of hydrogen-bond donors (Lipinski definition) is 1. The Kier molecular flexibility index (Phi) is 5.91. The van der Waals surface area contributed by atoms with Crippen LogP contribution in [0.3, 0.4) is 0 Å². The molecule has 1 N–H and O–H groups in total. The molecule has 2 aromatic heterocycles. The molecular weight excluding hydrogens is 478 g/mol. The number of esters is 1. The van der Waals surface area contributed by atoms with Gasteiger partial charge < -0.3 is 10.1 Å². The summed E-state index contributed by atoms with van der Waals surface area (Å²) in [6.07, 6.45) is 1.97. The Morgan fingerprint density at radius 1 is 0.879 bits per heavy atom. The molecule has 6 heteroatoms. The van der Waals surface area contributed by atoms with Gasteiger partial charge in [-0.25, -0.2) is 9.78 Å². The molecule has 33 heavy (non-hydrogen) atoms. The fourth-order valence-electron chi connectivity index (χ4n) is 3.64. The Morgan fingerprint density at radius 2 is 1.58 bits per heavy atom. The third-order valence-electron chi connectivity index (χ3n) is 5.24. The second-order valence-corrected chi connectivity index (χ2v) is 8.39. The molecule has 0 saturated carbocycles.